The third-order valence-electron chi connectivity index (χ3n) is 4.97. The summed E-state index contributed by atoms with van der Waals surface area (Å²) in [6.07, 6.45) is 3.71. The number of Topliss-reactive ketones (excluding diaryl/α,β-unsaturated/α-hetero) is 1. The monoisotopic (exact) mass is 298 g/mol. The fourth-order valence-corrected chi connectivity index (χ4v) is 5.95. The maximum atomic E-state index is 12.8. The van der Waals surface area contributed by atoms with Gasteiger partial charge in [0.1, 0.15) is 0 Å². The van der Waals surface area contributed by atoms with Crippen LogP contribution in [-0.2, 0) is 10.8 Å². The van der Waals surface area contributed by atoms with Crippen LogP contribution in [0.3, 0.4) is 0 Å². The molecular formula is C18H18O2S. The van der Waals surface area contributed by atoms with Gasteiger partial charge in [-0.1, -0.05) is 36.4 Å². The lowest BCUT2D eigenvalue weighted by Crippen LogP contribution is -2.32. The smallest absolute Gasteiger partial charge is 0.166 e. The zero-order chi connectivity index (χ0) is 14.4. The molecule has 3 heteroatoms. The van der Waals surface area contributed by atoms with Gasteiger partial charge in [-0.25, -0.2) is 0 Å². The van der Waals surface area contributed by atoms with E-state index in [2.05, 4.69) is 6.07 Å². The minimum absolute atomic E-state index is 0.0707. The Labute approximate surface area is 127 Å². The number of ketones is 1. The van der Waals surface area contributed by atoms with Crippen LogP contribution in [0.25, 0.3) is 10.8 Å². The molecule has 0 saturated carbocycles. The molecule has 2 aliphatic heterocycles. The largest absolute Gasteiger partial charge is 0.294 e. The van der Waals surface area contributed by atoms with Crippen LogP contribution in [0.2, 0.25) is 0 Å². The van der Waals surface area contributed by atoms with Gasteiger partial charge in [0, 0.05) is 32.8 Å². The van der Waals surface area contributed by atoms with Gasteiger partial charge in [0.25, 0.3) is 0 Å². The van der Waals surface area contributed by atoms with Gasteiger partial charge in [0.2, 0.25) is 0 Å². The fourth-order valence-electron chi connectivity index (χ4n) is 3.82. The molecule has 2 aliphatic rings. The Morgan fingerprint density at radius 2 is 1.62 bits per heavy atom. The second-order valence-electron chi connectivity index (χ2n) is 6.24. The van der Waals surface area contributed by atoms with E-state index in [0.29, 0.717) is 0 Å². The Bertz CT molecular complexity index is 721. The molecule has 2 heterocycles. The van der Waals surface area contributed by atoms with Gasteiger partial charge in [-0.15, -0.1) is 0 Å². The van der Waals surface area contributed by atoms with E-state index in [1.165, 1.54) is 5.39 Å². The van der Waals surface area contributed by atoms with E-state index in [4.69, 9.17) is 0 Å². The first-order valence-electron chi connectivity index (χ1n) is 7.65. The average molecular weight is 298 g/mol. The summed E-state index contributed by atoms with van der Waals surface area (Å²) in [5.41, 5.74) is 0.811. The lowest BCUT2D eigenvalue weighted by molar-refractivity contribution is 0.0906. The molecule has 0 N–H and O–H groups in total. The number of fused-ring (bicyclic) bond motifs is 3. The van der Waals surface area contributed by atoms with Crippen molar-refractivity contribution in [3.8, 4) is 0 Å². The molecule has 2 atom stereocenters. The molecule has 21 heavy (non-hydrogen) atoms. The summed E-state index contributed by atoms with van der Waals surface area (Å²) in [5.74, 6) is 0.315. The predicted molar refractivity (Wildman–Crippen MR) is 86.0 cm³/mol. The van der Waals surface area contributed by atoms with Gasteiger partial charge >= 0.3 is 0 Å². The summed E-state index contributed by atoms with van der Waals surface area (Å²) in [6.45, 7) is 0. The molecule has 2 aromatic carbocycles. The second kappa shape index (κ2) is 5.06. The molecular weight excluding hydrogens is 280 g/mol. The van der Waals surface area contributed by atoms with Crippen LogP contribution < -0.4 is 0 Å². The molecule has 2 saturated heterocycles. The molecule has 0 aliphatic carbocycles. The zero-order valence-corrected chi connectivity index (χ0v) is 12.6. The number of hydrogen-bond donors (Lipinski definition) is 0. The summed E-state index contributed by atoms with van der Waals surface area (Å²) in [4.78, 5) is 12.8. The number of hydrogen-bond acceptors (Lipinski definition) is 2. The minimum atomic E-state index is -0.687. The molecule has 0 aromatic heterocycles. The summed E-state index contributed by atoms with van der Waals surface area (Å²) in [7, 11) is -0.687. The molecule has 0 radical (unpaired) electrons. The Kier molecular flexibility index (Phi) is 3.18. The summed E-state index contributed by atoms with van der Waals surface area (Å²) < 4.78 is 12.1. The minimum Gasteiger partial charge on any atom is -0.294 e. The van der Waals surface area contributed by atoms with Crippen molar-refractivity contribution >= 4 is 27.4 Å². The van der Waals surface area contributed by atoms with Crippen molar-refractivity contribution < 1.29 is 9.00 Å². The normalized spacial score (nSPS) is 31.4. The van der Waals surface area contributed by atoms with E-state index < -0.39 is 10.8 Å². The maximum Gasteiger partial charge on any atom is 0.166 e. The standard InChI is InChI=1S/C18H18O2S/c19-18(15-10-16-7-8-17(11-15)21(16)20)14-6-5-12-3-1-2-4-13(12)9-14/h1-6,9,15-17H,7-8,10-11H2. The fraction of sp³-hybridized carbons (Fsp3) is 0.389. The van der Waals surface area contributed by atoms with Crippen LogP contribution in [0.4, 0.5) is 0 Å². The predicted octanol–water partition coefficient (Wildman–Crippen LogP) is 3.71. The first kappa shape index (κ1) is 13.2. The molecule has 0 spiro atoms. The van der Waals surface area contributed by atoms with E-state index in [9.17, 15) is 9.00 Å². The van der Waals surface area contributed by atoms with Gasteiger partial charge in [-0.3, -0.25) is 9.00 Å². The van der Waals surface area contributed by atoms with Gasteiger partial charge in [-0.2, -0.15) is 0 Å². The number of benzene rings is 2. The highest BCUT2D eigenvalue weighted by atomic mass is 32.2. The van der Waals surface area contributed by atoms with E-state index in [-0.39, 0.29) is 22.2 Å². The SMILES string of the molecule is O=C(c1ccc2ccccc2c1)C1CC2CCC(C1)S2=O. The zero-order valence-electron chi connectivity index (χ0n) is 11.8. The lowest BCUT2D eigenvalue weighted by Gasteiger charge is -2.26. The van der Waals surface area contributed by atoms with E-state index in [1.54, 1.807) is 0 Å². The molecule has 2 nitrogen and oxygen atoms in total. The molecule has 2 aromatic rings. The van der Waals surface area contributed by atoms with Gasteiger partial charge in [-0.05, 0) is 42.5 Å². The lowest BCUT2D eigenvalue weighted by atomic mass is 9.89. The van der Waals surface area contributed by atoms with Crippen LogP contribution in [0.15, 0.2) is 42.5 Å². The Balaban J connectivity index is 1.63. The quantitative estimate of drug-likeness (QED) is 0.792. The molecule has 2 bridgehead atoms. The molecule has 108 valence electrons. The van der Waals surface area contributed by atoms with Gasteiger partial charge < -0.3 is 0 Å². The first-order valence-corrected chi connectivity index (χ1v) is 8.92. The van der Waals surface area contributed by atoms with Crippen molar-refractivity contribution in [3.05, 3.63) is 48.0 Å². The van der Waals surface area contributed by atoms with E-state index in [0.717, 1.165) is 36.6 Å². The van der Waals surface area contributed by atoms with Crippen molar-refractivity contribution in [1.82, 2.24) is 0 Å². The van der Waals surface area contributed by atoms with Crippen LogP contribution >= 0.6 is 0 Å². The molecule has 2 unspecified atom stereocenters. The van der Waals surface area contributed by atoms with Crippen molar-refractivity contribution in [1.29, 1.82) is 0 Å². The van der Waals surface area contributed by atoms with Crippen LogP contribution in [-0.4, -0.2) is 20.5 Å². The van der Waals surface area contributed by atoms with Crippen molar-refractivity contribution in [2.24, 2.45) is 5.92 Å². The van der Waals surface area contributed by atoms with Crippen LogP contribution in [0, 0.1) is 5.92 Å². The number of rotatable bonds is 2. The highest BCUT2D eigenvalue weighted by molar-refractivity contribution is 7.86. The van der Waals surface area contributed by atoms with Crippen molar-refractivity contribution in [2.45, 2.75) is 36.2 Å². The maximum absolute atomic E-state index is 12.8. The molecule has 2 fully saturated rings. The molecule has 0 amide bonds. The van der Waals surface area contributed by atoms with E-state index in [1.807, 2.05) is 36.4 Å². The Morgan fingerprint density at radius 1 is 0.952 bits per heavy atom. The van der Waals surface area contributed by atoms with Crippen molar-refractivity contribution in [3.63, 3.8) is 0 Å². The van der Waals surface area contributed by atoms with Crippen molar-refractivity contribution in [2.75, 3.05) is 0 Å². The third kappa shape index (κ3) is 2.24. The van der Waals surface area contributed by atoms with Gasteiger partial charge in [0.15, 0.2) is 5.78 Å². The summed E-state index contributed by atoms with van der Waals surface area (Å²) in [5, 5.41) is 2.81. The second-order valence-corrected chi connectivity index (χ2v) is 8.23. The first-order chi connectivity index (χ1) is 10.2. The average Bonchev–Trinajstić information content (AvgIpc) is 2.75. The number of carbonyl (C=O) groups excluding carboxylic acids is 1. The highest BCUT2D eigenvalue weighted by Gasteiger charge is 2.42. The Hall–Kier alpha value is -1.48. The number of carbonyl (C=O) groups is 1. The Morgan fingerprint density at radius 3 is 2.33 bits per heavy atom. The summed E-state index contributed by atoms with van der Waals surface area (Å²) >= 11 is 0. The molecule has 4 rings (SSSR count). The van der Waals surface area contributed by atoms with Crippen LogP contribution in [0.1, 0.15) is 36.0 Å². The highest BCUT2D eigenvalue weighted by Crippen LogP contribution is 2.40. The third-order valence-corrected chi connectivity index (χ3v) is 7.14. The van der Waals surface area contributed by atoms with Gasteiger partial charge in [0.05, 0.1) is 0 Å². The van der Waals surface area contributed by atoms with E-state index >= 15 is 0 Å². The van der Waals surface area contributed by atoms with Crippen LogP contribution in [0.5, 0.6) is 0 Å². The summed E-state index contributed by atoms with van der Waals surface area (Å²) in [6, 6.07) is 14.1. The topological polar surface area (TPSA) is 34.1 Å².